The molecule has 4 nitrogen and oxygen atoms in total. The highest BCUT2D eigenvalue weighted by Gasteiger charge is 2.17. The molecule has 5 heteroatoms. The molecule has 92 valence electrons. The summed E-state index contributed by atoms with van der Waals surface area (Å²) in [5.41, 5.74) is 0.982. The molecule has 1 aromatic heterocycles. The minimum Gasteiger partial charge on any atom is -0.481 e. The molecule has 0 radical (unpaired) electrons. The lowest BCUT2D eigenvalue weighted by Gasteiger charge is -2.13. The Hall–Kier alpha value is -1.88. The van der Waals surface area contributed by atoms with Crippen LogP contribution >= 0.6 is 11.8 Å². The fourth-order valence-corrected chi connectivity index (χ4v) is 2.60. The molecule has 2 rings (SSSR count). The minimum atomic E-state index is -0.819. The number of aliphatic carboxylic acids is 1. The third-order valence-electron chi connectivity index (χ3n) is 2.33. The Morgan fingerprint density at radius 3 is 2.67 bits per heavy atom. The second-order valence-electron chi connectivity index (χ2n) is 3.66. The molecule has 1 heterocycles. The Bertz CT molecular complexity index is 505. The molecule has 1 aromatic carbocycles. The first-order valence-corrected chi connectivity index (χ1v) is 6.33. The predicted molar refractivity (Wildman–Crippen MR) is 69.3 cm³/mol. The van der Waals surface area contributed by atoms with E-state index in [-0.39, 0.29) is 11.7 Å². The van der Waals surface area contributed by atoms with Gasteiger partial charge in [-0.25, -0.2) is 4.98 Å². The van der Waals surface area contributed by atoms with Crippen LogP contribution in [-0.2, 0) is 4.79 Å². The van der Waals surface area contributed by atoms with E-state index in [1.807, 2.05) is 30.3 Å². The van der Waals surface area contributed by atoms with Gasteiger partial charge in [-0.1, -0.05) is 42.1 Å². The summed E-state index contributed by atoms with van der Waals surface area (Å²) >= 11 is 1.42. The van der Waals surface area contributed by atoms with Gasteiger partial charge in [0, 0.05) is 17.6 Å². The summed E-state index contributed by atoms with van der Waals surface area (Å²) in [4.78, 5) is 19.1. The van der Waals surface area contributed by atoms with Crippen molar-refractivity contribution in [2.24, 2.45) is 0 Å². The molecule has 0 amide bonds. The first kappa shape index (κ1) is 12.6. The number of benzene rings is 1. The molecule has 18 heavy (non-hydrogen) atoms. The molecule has 0 bridgehead atoms. The van der Waals surface area contributed by atoms with Gasteiger partial charge in [-0.2, -0.15) is 0 Å². The largest absolute Gasteiger partial charge is 0.481 e. The number of carboxylic acid groups (broad SMARTS) is 1. The van der Waals surface area contributed by atoms with Crippen LogP contribution in [-0.4, -0.2) is 21.0 Å². The van der Waals surface area contributed by atoms with E-state index in [0.29, 0.717) is 0 Å². The number of aromatic nitrogens is 2. The van der Waals surface area contributed by atoms with E-state index in [4.69, 9.17) is 5.11 Å². The lowest BCUT2D eigenvalue weighted by Crippen LogP contribution is -2.03. The molecule has 0 aliphatic heterocycles. The average molecular weight is 260 g/mol. The van der Waals surface area contributed by atoms with Gasteiger partial charge >= 0.3 is 5.97 Å². The van der Waals surface area contributed by atoms with E-state index in [0.717, 1.165) is 10.6 Å². The number of thioether (sulfide) groups is 1. The molecule has 1 N–H and O–H groups in total. The van der Waals surface area contributed by atoms with Crippen LogP contribution in [0.2, 0.25) is 0 Å². The third-order valence-corrected chi connectivity index (χ3v) is 3.51. The highest BCUT2D eigenvalue weighted by Crippen LogP contribution is 2.36. The van der Waals surface area contributed by atoms with Gasteiger partial charge in [-0.15, -0.1) is 0 Å². The summed E-state index contributed by atoms with van der Waals surface area (Å²) in [6.45, 7) is 0. The van der Waals surface area contributed by atoms with Gasteiger partial charge in [0.2, 0.25) is 0 Å². The maximum Gasteiger partial charge on any atom is 0.304 e. The average Bonchev–Trinajstić information content (AvgIpc) is 2.40. The number of carbonyl (C=O) groups is 1. The van der Waals surface area contributed by atoms with Crippen LogP contribution in [0.4, 0.5) is 0 Å². The van der Waals surface area contributed by atoms with Crippen molar-refractivity contribution >= 4 is 17.7 Å². The quantitative estimate of drug-likeness (QED) is 0.837. The third kappa shape index (κ3) is 3.56. The van der Waals surface area contributed by atoms with E-state index in [9.17, 15) is 4.79 Å². The highest BCUT2D eigenvalue weighted by molar-refractivity contribution is 7.99. The molecule has 0 aliphatic rings. The van der Waals surface area contributed by atoms with Crippen LogP contribution in [0.1, 0.15) is 17.2 Å². The van der Waals surface area contributed by atoms with E-state index >= 15 is 0 Å². The van der Waals surface area contributed by atoms with Crippen molar-refractivity contribution in [3.63, 3.8) is 0 Å². The van der Waals surface area contributed by atoms with Gasteiger partial charge in [0.25, 0.3) is 0 Å². The number of nitrogens with zero attached hydrogens (tertiary/aromatic N) is 2. The smallest absolute Gasteiger partial charge is 0.304 e. The van der Waals surface area contributed by atoms with Crippen LogP contribution in [0.25, 0.3) is 0 Å². The fraction of sp³-hybridized carbons (Fsp3) is 0.154. The van der Waals surface area contributed by atoms with Gasteiger partial charge in [0.1, 0.15) is 5.03 Å². The van der Waals surface area contributed by atoms with E-state index in [1.54, 1.807) is 18.6 Å². The van der Waals surface area contributed by atoms with Crippen LogP contribution in [0.15, 0.2) is 53.9 Å². The SMILES string of the molecule is O=C(O)CC(Sc1cnccn1)c1ccccc1. The molecule has 0 spiro atoms. The molecule has 1 unspecified atom stereocenters. The standard InChI is InChI=1S/C13H12N2O2S/c16-13(17)8-11(10-4-2-1-3-5-10)18-12-9-14-6-7-15-12/h1-7,9,11H,8H2,(H,16,17). The van der Waals surface area contributed by atoms with Crippen LogP contribution in [0, 0.1) is 0 Å². The topological polar surface area (TPSA) is 63.1 Å². The van der Waals surface area contributed by atoms with Crippen molar-refractivity contribution in [2.45, 2.75) is 16.7 Å². The zero-order valence-electron chi connectivity index (χ0n) is 9.56. The van der Waals surface area contributed by atoms with Crippen LogP contribution < -0.4 is 0 Å². The molecule has 0 aliphatic carbocycles. The van der Waals surface area contributed by atoms with Gasteiger partial charge in [0.05, 0.1) is 12.6 Å². The summed E-state index contributed by atoms with van der Waals surface area (Å²) in [6, 6.07) is 9.57. The van der Waals surface area contributed by atoms with Gasteiger partial charge in [0.15, 0.2) is 0 Å². The van der Waals surface area contributed by atoms with Crippen molar-refractivity contribution in [1.82, 2.24) is 9.97 Å². The lowest BCUT2D eigenvalue weighted by atomic mass is 10.1. The number of rotatable bonds is 5. The Morgan fingerprint density at radius 1 is 1.28 bits per heavy atom. The Kier molecular flexibility index (Phi) is 4.30. The number of hydrogen-bond acceptors (Lipinski definition) is 4. The second kappa shape index (κ2) is 6.16. The van der Waals surface area contributed by atoms with Crippen molar-refractivity contribution in [3.05, 3.63) is 54.5 Å². The lowest BCUT2D eigenvalue weighted by molar-refractivity contribution is -0.137. The number of carboxylic acids is 1. The molecule has 0 saturated carbocycles. The van der Waals surface area contributed by atoms with Crippen molar-refractivity contribution in [3.8, 4) is 0 Å². The molecule has 1 atom stereocenters. The molecular weight excluding hydrogens is 248 g/mol. The Labute approximate surface area is 109 Å². The summed E-state index contributed by atoms with van der Waals surface area (Å²) < 4.78 is 0. The van der Waals surface area contributed by atoms with E-state index in [1.165, 1.54) is 11.8 Å². The first-order chi connectivity index (χ1) is 8.75. The first-order valence-electron chi connectivity index (χ1n) is 5.45. The van der Waals surface area contributed by atoms with Crippen LogP contribution in [0.5, 0.6) is 0 Å². The fourth-order valence-electron chi connectivity index (χ4n) is 1.55. The number of hydrogen-bond donors (Lipinski definition) is 1. The molecule has 2 aromatic rings. The summed E-state index contributed by atoms with van der Waals surface area (Å²) in [5, 5.41) is 9.55. The highest BCUT2D eigenvalue weighted by atomic mass is 32.2. The maximum absolute atomic E-state index is 10.9. The Balaban J connectivity index is 2.18. The molecular formula is C13H12N2O2S. The minimum absolute atomic E-state index is 0.0608. The normalized spacial score (nSPS) is 12.0. The summed E-state index contributed by atoms with van der Waals surface area (Å²) in [5.74, 6) is -0.819. The molecule has 0 fully saturated rings. The maximum atomic E-state index is 10.9. The zero-order chi connectivity index (χ0) is 12.8. The van der Waals surface area contributed by atoms with Crippen molar-refractivity contribution in [2.75, 3.05) is 0 Å². The molecule has 0 saturated heterocycles. The zero-order valence-corrected chi connectivity index (χ0v) is 10.4. The van der Waals surface area contributed by atoms with Gasteiger partial charge < -0.3 is 5.11 Å². The van der Waals surface area contributed by atoms with Gasteiger partial charge in [-0.3, -0.25) is 9.78 Å². The van der Waals surface area contributed by atoms with E-state index < -0.39 is 5.97 Å². The summed E-state index contributed by atoms with van der Waals surface area (Å²) in [7, 11) is 0. The summed E-state index contributed by atoms with van der Waals surface area (Å²) in [6.07, 6.45) is 4.90. The predicted octanol–water partition coefficient (Wildman–Crippen LogP) is 2.78. The van der Waals surface area contributed by atoms with Gasteiger partial charge in [-0.05, 0) is 5.56 Å². The second-order valence-corrected chi connectivity index (χ2v) is 4.88. The Morgan fingerprint density at radius 2 is 2.06 bits per heavy atom. The van der Waals surface area contributed by atoms with Crippen molar-refractivity contribution in [1.29, 1.82) is 0 Å². The van der Waals surface area contributed by atoms with Crippen LogP contribution in [0.3, 0.4) is 0 Å². The van der Waals surface area contributed by atoms with E-state index in [2.05, 4.69) is 9.97 Å². The monoisotopic (exact) mass is 260 g/mol. The van der Waals surface area contributed by atoms with Crippen molar-refractivity contribution < 1.29 is 9.90 Å².